The van der Waals surface area contributed by atoms with Crippen molar-refractivity contribution in [3.05, 3.63) is 71.6 Å². The van der Waals surface area contributed by atoms with Crippen molar-refractivity contribution >= 4 is 11.9 Å². The summed E-state index contributed by atoms with van der Waals surface area (Å²) in [5, 5.41) is 4.18. The Morgan fingerprint density at radius 3 is 2.67 bits per heavy atom. The number of pyridine rings is 1. The number of aromatic nitrogens is 2. The lowest BCUT2D eigenvalue weighted by Gasteiger charge is -2.17. The summed E-state index contributed by atoms with van der Waals surface area (Å²) in [6.07, 6.45) is 13.9. The second-order valence-corrected chi connectivity index (χ2v) is 7.29. The summed E-state index contributed by atoms with van der Waals surface area (Å²) < 4.78 is 5.45. The molecule has 0 aliphatic heterocycles. The molecule has 1 aromatic carbocycles. The normalized spacial score (nSPS) is 15.4. The lowest BCUT2D eigenvalue weighted by molar-refractivity contribution is 0.420. The maximum atomic E-state index is 5.91. The lowest BCUT2D eigenvalue weighted by Crippen LogP contribution is -2.02. The van der Waals surface area contributed by atoms with Crippen LogP contribution in [0.2, 0.25) is 0 Å². The summed E-state index contributed by atoms with van der Waals surface area (Å²) in [7, 11) is 0. The molecule has 4 heteroatoms. The van der Waals surface area contributed by atoms with Crippen molar-refractivity contribution in [2.45, 2.75) is 38.5 Å². The van der Waals surface area contributed by atoms with E-state index in [2.05, 4.69) is 46.6 Å². The highest BCUT2D eigenvalue weighted by atomic mass is 16.5. The molecule has 0 radical (unpaired) electrons. The molecule has 2 N–H and O–H groups in total. The first-order valence-electron chi connectivity index (χ1n) is 9.71. The minimum Gasteiger partial charge on any atom is -0.383 e. The van der Waals surface area contributed by atoms with Crippen LogP contribution in [-0.4, -0.2) is 10.1 Å². The van der Waals surface area contributed by atoms with Gasteiger partial charge in [0.15, 0.2) is 5.76 Å². The van der Waals surface area contributed by atoms with Gasteiger partial charge in [0.05, 0.1) is 11.3 Å². The van der Waals surface area contributed by atoms with E-state index in [1.54, 1.807) is 6.20 Å². The van der Waals surface area contributed by atoms with E-state index in [1.807, 2.05) is 18.2 Å². The molecule has 3 aromatic rings. The number of benzene rings is 1. The van der Waals surface area contributed by atoms with Gasteiger partial charge in [-0.15, -0.1) is 0 Å². The van der Waals surface area contributed by atoms with Crippen LogP contribution in [-0.2, 0) is 6.42 Å². The quantitative estimate of drug-likeness (QED) is 0.653. The van der Waals surface area contributed by atoms with E-state index in [4.69, 9.17) is 10.3 Å². The molecule has 2 heterocycles. The summed E-state index contributed by atoms with van der Waals surface area (Å²) >= 11 is 0. The minimum atomic E-state index is 0.453. The lowest BCUT2D eigenvalue weighted by atomic mass is 9.89. The zero-order chi connectivity index (χ0) is 18.5. The van der Waals surface area contributed by atoms with E-state index in [0.717, 1.165) is 23.6 Å². The maximum absolute atomic E-state index is 5.91. The highest BCUT2D eigenvalue weighted by Gasteiger charge is 2.11. The molecule has 1 aliphatic rings. The van der Waals surface area contributed by atoms with Crippen LogP contribution >= 0.6 is 0 Å². The van der Waals surface area contributed by atoms with Crippen LogP contribution in [0.4, 0.5) is 5.82 Å². The topological polar surface area (TPSA) is 64.9 Å². The van der Waals surface area contributed by atoms with Crippen molar-refractivity contribution in [2.24, 2.45) is 5.92 Å². The van der Waals surface area contributed by atoms with E-state index in [1.165, 1.54) is 43.2 Å². The SMILES string of the molecule is Nc1ncccc1-c1cc(Cc2ccc(C=CC3CCCCC3)cc2)no1. The molecular formula is C23H25N3O. The van der Waals surface area contributed by atoms with Gasteiger partial charge in [-0.3, -0.25) is 0 Å². The molecule has 0 atom stereocenters. The number of anilines is 1. The average molecular weight is 359 g/mol. The molecule has 4 rings (SSSR count). The fourth-order valence-corrected chi connectivity index (χ4v) is 3.68. The minimum absolute atomic E-state index is 0.453. The number of nitrogen functional groups attached to an aromatic ring is 1. The van der Waals surface area contributed by atoms with Crippen molar-refractivity contribution in [1.29, 1.82) is 0 Å². The van der Waals surface area contributed by atoms with Crippen molar-refractivity contribution in [1.82, 2.24) is 10.1 Å². The van der Waals surface area contributed by atoms with Crippen molar-refractivity contribution in [3.8, 4) is 11.3 Å². The van der Waals surface area contributed by atoms with Crippen LogP contribution in [0.25, 0.3) is 17.4 Å². The Morgan fingerprint density at radius 2 is 1.89 bits per heavy atom. The second kappa shape index (κ2) is 8.21. The van der Waals surface area contributed by atoms with E-state index >= 15 is 0 Å². The molecule has 138 valence electrons. The van der Waals surface area contributed by atoms with Gasteiger partial charge in [-0.2, -0.15) is 0 Å². The van der Waals surface area contributed by atoms with Gasteiger partial charge in [-0.25, -0.2) is 4.98 Å². The van der Waals surface area contributed by atoms with E-state index in [-0.39, 0.29) is 0 Å². The first-order valence-corrected chi connectivity index (χ1v) is 9.71. The molecule has 2 aromatic heterocycles. The zero-order valence-electron chi connectivity index (χ0n) is 15.5. The van der Waals surface area contributed by atoms with Crippen LogP contribution in [0.5, 0.6) is 0 Å². The maximum Gasteiger partial charge on any atom is 0.170 e. The van der Waals surface area contributed by atoms with Crippen LogP contribution in [0.15, 0.2) is 59.3 Å². The molecule has 0 saturated heterocycles. The number of nitrogens with two attached hydrogens (primary N) is 1. The van der Waals surface area contributed by atoms with Crippen LogP contribution < -0.4 is 5.73 Å². The number of rotatable bonds is 5. The summed E-state index contributed by atoms with van der Waals surface area (Å²) in [6.45, 7) is 0. The van der Waals surface area contributed by atoms with Gasteiger partial charge in [0.25, 0.3) is 0 Å². The average Bonchev–Trinajstić information content (AvgIpc) is 3.17. The predicted octanol–water partition coefficient (Wildman–Crippen LogP) is 5.50. The largest absolute Gasteiger partial charge is 0.383 e. The third kappa shape index (κ3) is 4.45. The summed E-state index contributed by atoms with van der Waals surface area (Å²) in [4.78, 5) is 4.09. The van der Waals surface area contributed by atoms with Gasteiger partial charge in [-0.05, 0) is 42.0 Å². The first-order chi connectivity index (χ1) is 13.3. The fourth-order valence-electron chi connectivity index (χ4n) is 3.68. The molecule has 0 spiro atoms. The van der Waals surface area contributed by atoms with Crippen molar-refractivity contribution in [2.75, 3.05) is 5.73 Å². The summed E-state index contributed by atoms with van der Waals surface area (Å²) in [5.41, 5.74) is 10.0. The smallest absolute Gasteiger partial charge is 0.170 e. The number of hydrogen-bond acceptors (Lipinski definition) is 4. The van der Waals surface area contributed by atoms with Crippen LogP contribution in [0, 0.1) is 5.92 Å². The van der Waals surface area contributed by atoms with Crippen molar-refractivity contribution in [3.63, 3.8) is 0 Å². The van der Waals surface area contributed by atoms with Crippen LogP contribution in [0.3, 0.4) is 0 Å². The molecule has 1 saturated carbocycles. The summed E-state index contributed by atoms with van der Waals surface area (Å²) in [5.74, 6) is 1.86. The Bertz CT molecular complexity index is 905. The van der Waals surface area contributed by atoms with Crippen molar-refractivity contribution < 1.29 is 4.52 Å². The molecule has 1 aliphatic carbocycles. The Morgan fingerprint density at radius 1 is 1.07 bits per heavy atom. The zero-order valence-corrected chi connectivity index (χ0v) is 15.5. The summed E-state index contributed by atoms with van der Waals surface area (Å²) in [6, 6.07) is 14.3. The first kappa shape index (κ1) is 17.5. The number of nitrogens with zero attached hydrogens (tertiary/aromatic N) is 2. The van der Waals surface area contributed by atoms with E-state index < -0.39 is 0 Å². The predicted molar refractivity (Wildman–Crippen MR) is 109 cm³/mol. The number of hydrogen-bond donors (Lipinski definition) is 1. The van der Waals surface area contributed by atoms with Gasteiger partial charge in [0.2, 0.25) is 0 Å². The molecule has 0 amide bonds. The molecule has 1 fully saturated rings. The Balaban J connectivity index is 1.40. The van der Waals surface area contributed by atoms with Gasteiger partial charge < -0.3 is 10.3 Å². The highest BCUT2D eigenvalue weighted by Crippen LogP contribution is 2.26. The van der Waals surface area contributed by atoms with Gasteiger partial charge >= 0.3 is 0 Å². The molecule has 4 nitrogen and oxygen atoms in total. The van der Waals surface area contributed by atoms with Gasteiger partial charge in [-0.1, -0.05) is 60.8 Å². The monoisotopic (exact) mass is 359 g/mol. The Kier molecular flexibility index (Phi) is 5.33. The second-order valence-electron chi connectivity index (χ2n) is 7.29. The van der Waals surface area contributed by atoms with E-state index in [0.29, 0.717) is 11.6 Å². The Labute approximate surface area is 160 Å². The molecule has 0 bridgehead atoms. The third-order valence-corrected chi connectivity index (χ3v) is 5.24. The standard InChI is InChI=1S/C23H25N3O/c24-23-21(7-4-14-25-23)22-16-20(26-27-22)15-19-12-10-18(11-13-19)9-8-17-5-2-1-3-6-17/h4,7-14,16-17H,1-3,5-6,15H2,(H2,24,25). The van der Waals surface area contributed by atoms with E-state index in [9.17, 15) is 0 Å². The highest BCUT2D eigenvalue weighted by molar-refractivity contribution is 5.69. The molecule has 27 heavy (non-hydrogen) atoms. The molecular weight excluding hydrogens is 334 g/mol. The van der Waals surface area contributed by atoms with Gasteiger partial charge in [0.1, 0.15) is 5.82 Å². The third-order valence-electron chi connectivity index (χ3n) is 5.24. The number of allylic oxidation sites excluding steroid dienone is 1. The van der Waals surface area contributed by atoms with Crippen LogP contribution in [0.1, 0.15) is 48.9 Å². The molecule has 0 unspecified atom stereocenters. The fraction of sp³-hybridized carbons (Fsp3) is 0.304. The Hall–Kier alpha value is -2.88. The van der Waals surface area contributed by atoms with Gasteiger partial charge in [0, 0.05) is 18.7 Å².